The molecule has 0 spiro atoms. The number of aryl methyl sites for hydroxylation is 2. The summed E-state index contributed by atoms with van der Waals surface area (Å²) in [5, 5.41) is 19.9. The molecule has 6 saturated carbocycles. The Hall–Kier alpha value is -8.23. The number of sulfonamides is 2. The van der Waals surface area contributed by atoms with Gasteiger partial charge in [-0.2, -0.15) is 0 Å². The van der Waals surface area contributed by atoms with Crippen molar-refractivity contribution in [2.24, 2.45) is 28.6 Å². The zero-order valence-corrected chi connectivity index (χ0v) is 78.8. The molecule has 8 fully saturated rings. The number of amides is 5. The number of nitrogens with one attached hydrogen (secondary N) is 3. The Morgan fingerprint density at radius 1 is 0.683 bits per heavy atom. The van der Waals surface area contributed by atoms with Gasteiger partial charge < -0.3 is 34.4 Å². The van der Waals surface area contributed by atoms with Crippen LogP contribution < -0.4 is 19.5 Å². The largest absolute Gasteiger partial charge is 0.471 e. The first-order valence-electron chi connectivity index (χ1n) is 45.4. The van der Waals surface area contributed by atoms with Crippen molar-refractivity contribution in [3.05, 3.63) is 99.4 Å². The minimum absolute atomic E-state index is 0.00384. The van der Waals surface area contributed by atoms with E-state index in [1.807, 2.05) is 89.3 Å². The number of fused-ring (bicyclic) bond motifs is 4. The van der Waals surface area contributed by atoms with Gasteiger partial charge >= 0.3 is 12.1 Å². The molecule has 0 unspecified atom stereocenters. The molecule has 4 N–H and O–H groups in total. The first kappa shape index (κ1) is 95.4. The lowest BCUT2D eigenvalue weighted by Crippen LogP contribution is -2.53. The van der Waals surface area contributed by atoms with Crippen LogP contribution >= 0.6 is 34.3 Å². The van der Waals surface area contributed by atoms with E-state index in [0.29, 0.717) is 106 Å². The monoisotopic (exact) mass is 1830 g/mol. The van der Waals surface area contributed by atoms with Crippen LogP contribution in [0.1, 0.15) is 296 Å². The fraction of sp³-hybridized carbons (Fsp3) is 0.638. The van der Waals surface area contributed by atoms with Gasteiger partial charge in [0.05, 0.1) is 73.6 Å². The van der Waals surface area contributed by atoms with Crippen molar-refractivity contribution < 1.29 is 74.5 Å². The van der Waals surface area contributed by atoms with Gasteiger partial charge in [-0.05, 0) is 215 Å². The Bertz CT molecular complexity index is 5330. The topological polar surface area (TPSA) is 373 Å². The average Bonchev–Trinajstić information content (AvgIpc) is 1.57. The molecular weight excluding hydrogens is 1700 g/mol. The third kappa shape index (κ3) is 23.5. The van der Waals surface area contributed by atoms with Crippen molar-refractivity contribution in [2.75, 3.05) is 19.6 Å². The Morgan fingerprint density at radius 3 is 1.84 bits per heavy atom. The molecule has 126 heavy (non-hydrogen) atoms. The van der Waals surface area contributed by atoms with E-state index >= 15 is 0 Å². The highest BCUT2D eigenvalue weighted by Crippen LogP contribution is 2.59. The van der Waals surface area contributed by atoms with E-state index < -0.39 is 111 Å². The molecule has 684 valence electrons. The summed E-state index contributed by atoms with van der Waals surface area (Å²) in [6.45, 7) is 19.8. The molecule has 2 aromatic carbocycles. The van der Waals surface area contributed by atoms with E-state index in [-0.39, 0.29) is 61.9 Å². The van der Waals surface area contributed by atoms with Gasteiger partial charge in [-0.1, -0.05) is 112 Å². The zero-order chi connectivity index (χ0) is 90.5. The zero-order valence-electron chi connectivity index (χ0n) is 74.8. The summed E-state index contributed by atoms with van der Waals surface area (Å²) < 4.78 is 71.3. The summed E-state index contributed by atoms with van der Waals surface area (Å²) in [4.78, 5) is 138. The quantitative estimate of drug-likeness (QED) is 0.0235. The number of aliphatic hydroxyl groups is 1. The number of esters is 1. The Balaban J connectivity index is 0.000000182. The van der Waals surface area contributed by atoms with Crippen LogP contribution in [0.15, 0.2) is 71.5 Å². The number of hydrogen-bond acceptors (Lipinski definition) is 24. The van der Waals surface area contributed by atoms with Crippen molar-refractivity contribution in [1.29, 1.82) is 0 Å². The minimum atomic E-state index is -3.89. The summed E-state index contributed by atoms with van der Waals surface area (Å²) in [5.74, 6) is -2.24. The number of para-hydroxylation sites is 2. The van der Waals surface area contributed by atoms with Gasteiger partial charge in [0.25, 0.3) is 0 Å². The number of carbonyl (C=O) groups excluding carboxylic acids is 8. The van der Waals surface area contributed by atoms with Gasteiger partial charge in [0.1, 0.15) is 55.9 Å². The normalized spacial score (nSPS) is 25.0. The number of alkyl carbamates (subject to hydrolysis) is 1. The van der Waals surface area contributed by atoms with E-state index in [2.05, 4.69) is 41.6 Å². The van der Waals surface area contributed by atoms with Gasteiger partial charge in [0.2, 0.25) is 49.6 Å². The number of unbranched alkanes of at least 4 members (excludes halogenated alkanes) is 3. The number of nitrogens with zero attached hydrogens (tertiary/aromatic N) is 8. The number of hydrogen-bond donors (Lipinski definition) is 4. The Morgan fingerprint density at radius 2 is 1.25 bits per heavy atom. The molecular formula is C94H126ClN11O16S4. The number of aliphatic hydroxyl groups excluding tert-OH is 1. The molecule has 4 aromatic heterocycles. The molecule has 3 aliphatic heterocycles. The number of ether oxygens (including phenoxy) is 3. The first-order valence-corrected chi connectivity index (χ1v) is 50.5. The number of likely N-dealkylation sites (tertiary alicyclic amines) is 1. The summed E-state index contributed by atoms with van der Waals surface area (Å²) in [6.07, 6.45) is 28.7. The number of Topliss-reactive ketones (excluding diaryl/α,β-unsaturated/α-hetero) is 2. The van der Waals surface area contributed by atoms with Crippen LogP contribution in [0.5, 0.6) is 5.88 Å². The molecule has 0 radical (unpaired) electrons. The van der Waals surface area contributed by atoms with Crippen molar-refractivity contribution >= 4 is 124 Å². The molecule has 9 aliphatic rings. The number of halogens is 1. The van der Waals surface area contributed by atoms with Crippen LogP contribution in [0.2, 0.25) is 5.15 Å². The van der Waals surface area contributed by atoms with Crippen LogP contribution in [-0.4, -0.2) is 174 Å². The van der Waals surface area contributed by atoms with Gasteiger partial charge in [-0.25, -0.2) is 51.5 Å². The first-order chi connectivity index (χ1) is 59.6. The van der Waals surface area contributed by atoms with Gasteiger partial charge in [-0.15, -0.1) is 22.7 Å². The number of aromatic nitrogens is 6. The highest BCUT2D eigenvalue weighted by Gasteiger charge is 2.64. The smallest absolute Gasteiger partial charge is 0.408 e. The maximum Gasteiger partial charge on any atom is 0.408 e. The Kier molecular flexibility index (Phi) is 30.0. The lowest BCUT2D eigenvalue weighted by atomic mass is 9.87. The predicted octanol–water partition coefficient (Wildman–Crippen LogP) is 17.0. The molecule has 32 heteroatoms. The number of carbonyl (C=O) groups is 8. The fourth-order valence-electron chi connectivity index (χ4n) is 18.2. The molecule has 0 bridgehead atoms. The van der Waals surface area contributed by atoms with E-state index in [4.69, 9.17) is 45.7 Å². The summed E-state index contributed by atoms with van der Waals surface area (Å²) in [6, 6.07) is 10.1. The van der Waals surface area contributed by atoms with E-state index in [1.54, 1.807) is 62.2 Å². The molecule has 5 amide bonds. The van der Waals surface area contributed by atoms with Crippen molar-refractivity contribution in [3.63, 3.8) is 0 Å². The van der Waals surface area contributed by atoms with Gasteiger partial charge in [0, 0.05) is 78.4 Å². The summed E-state index contributed by atoms with van der Waals surface area (Å²) >= 11 is 9.53. The maximum absolute atomic E-state index is 14.1. The molecule has 9 atom stereocenters. The summed E-state index contributed by atoms with van der Waals surface area (Å²) in [7, 11) is -7.69. The molecule has 6 aromatic rings. The fourth-order valence-corrected chi connectivity index (χ4v) is 22.9. The minimum Gasteiger partial charge on any atom is -0.471 e. The number of rotatable bonds is 25. The third-order valence-electron chi connectivity index (χ3n) is 26.4. The van der Waals surface area contributed by atoms with E-state index in [0.717, 1.165) is 93.8 Å². The summed E-state index contributed by atoms with van der Waals surface area (Å²) in [5.41, 5.74) is 5.38. The molecule has 15 rings (SSSR count). The van der Waals surface area contributed by atoms with Crippen LogP contribution in [0.4, 0.5) is 4.79 Å². The van der Waals surface area contributed by atoms with Crippen molar-refractivity contribution in [1.82, 2.24) is 54.5 Å². The second-order valence-electron chi connectivity index (χ2n) is 39.1. The van der Waals surface area contributed by atoms with Crippen LogP contribution in [0.3, 0.4) is 0 Å². The highest BCUT2D eigenvalue weighted by molar-refractivity contribution is 7.92. The van der Waals surface area contributed by atoms with E-state index in [9.17, 15) is 60.3 Å². The van der Waals surface area contributed by atoms with Gasteiger partial charge in [0.15, 0.2) is 10.9 Å². The molecule has 2 saturated heterocycles. The van der Waals surface area contributed by atoms with Crippen LogP contribution in [0.25, 0.3) is 43.2 Å². The van der Waals surface area contributed by atoms with Crippen LogP contribution in [0, 0.1) is 42.4 Å². The average molecular weight is 1830 g/mol. The number of ketones is 2. The third-order valence-corrected chi connectivity index (χ3v) is 32.9. The van der Waals surface area contributed by atoms with Crippen molar-refractivity contribution in [3.8, 4) is 27.0 Å². The standard InChI is InChI=1S/C48H65N5O8S2.C28H43N3O8S.C18H18ClN3S/c1-31(54)27-48(45(57)52-63(58,59)47(6)23-24-47)28-35(48)19-14-9-7-8-11-18-34(26-40(55)61-46(3,4)5)44(56)53-25-22-36(29-53)60-42-32(2)49-38-21-15-20-37(41(38)51-42)43-50-39(30-62-43)33-16-12-10-13-17-33;1-26(2,3)39-25(36)29-20-11-9-7-5-6-8-10-18-15-28(18,24(35)30-40(37,38)27(4)12-13-27)16-22(33)21-14-19(32)17-31(21)23(20)34;1-11-17(19)22-16-13(8-5-9-14(16)20-11)18-21-15(10-23-18)12-6-3-2-4-7-12/h14-15,19-21,30,33-36H,7-13,16-18,22-29H2,1-6H3,(H,52,57);8,10,18-21,32H,5-7,9,11-17H2,1-4H3,(H,29,36)(H,30,35);5,8-10,12H,2-4,6-7H2,1H3/b19-14-;10-8-;/t34-,35-,36-,48+;18-,19-,20+,21+,28-;/m11./s1. The second kappa shape index (κ2) is 39.6. The number of allylic oxidation sites excluding steroid dienone is 4. The molecule has 27 nitrogen and oxygen atoms in total. The van der Waals surface area contributed by atoms with Gasteiger partial charge in [-0.3, -0.25) is 43.0 Å². The Labute approximate surface area is 754 Å². The lowest BCUT2D eigenvalue weighted by Gasteiger charge is -2.30. The maximum atomic E-state index is 14.1. The second-order valence-corrected chi connectivity index (χ2v) is 45.6. The van der Waals surface area contributed by atoms with E-state index in [1.165, 1.54) is 87.4 Å². The van der Waals surface area contributed by atoms with Crippen LogP contribution in [-0.2, 0) is 63.1 Å². The number of thiazole rings is 2. The highest BCUT2D eigenvalue weighted by atomic mass is 35.5. The SMILES string of the molecule is CC(=O)C[C@]1(C(=O)NS(=O)(=O)C2(C)CC2)C[C@H]1/C=C\CCCCC[C@H](CC(=O)OC(C)(C)C)C(=O)N1CC[C@@H](Oc2nc3c(-c4nc(C5CCCCC5)cs4)cccc3nc2C)C1.CC(C)(C)OC(=O)N[C@H]1CCCCC/C=C\[C@@H]2C[C@@]2(C(=O)NS(=O)(=O)C2(C)CC2)CC(=O)[C@@H]2C[C@@H](O)CN2C1=O.Cc1nc2cccc(-c3nc(C4CCCCC4)cs3)c2nc1Cl. The molecule has 7 heterocycles. The number of benzene rings is 2. The lowest BCUT2D eigenvalue weighted by molar-refractivity contribution is -0.158. The van der Waals surface area contributed by atoms with Crippen molar-refractivity contribution in [2.45, 2.75) is 332 Å². The molecule has 6 aliphatic carbocycles. The predicted molar refractivity (Wildman–Crippen MR) is 486 cm³/mol.